The minimum Gasteiger partial charge on any atom is -0.493 e. The van der Waals surface area contributed by atoms with Crippen LogP contribution in [0.25, 0.3) is 6.08 Å². The van der Waals surface area contributed by atoms with E-state index in [-0.39, 0.29) is 12.3 Å². The topological polar surface area (TPSA) is 76.1 Å². The lowest BCUT2D eigenvalue weighted by molar-refractivity contribution is -0.137. The summed E-state index contributed by atoms with van der Waals surface area (Å²) in [7, 11) is 1.56. The Morgan fingerprint density at radius 1 is 1.23 bits per heavy atom. The van der Waals surface area contributed by atoms with Gasteiger partial charge in [0.15, 0.2) is 11.5 Å². The van der Waals surface area contributed by atoms with Gasteiger partial charge in [-0.2, -0.15) is 0 Å². The van der Waals surface area contributed by atoms with Gasteiger partial charge >= 0.3 is 5.97 Å². The first-order valence-electron chi connectivity index (χ1n) is 9.40. The van der Waals surface area contributed by atoms with E-state index < -0.39 is 5.97 Å². The molecule has 2 aromatic carbocycles. The molecule has 1 fully saturated rings. The van der Waals surface area contributed by atoms with E-state index in [2.05, 4.69) is 15.9 Å². The number of carboxylic acid groups (broad SMARTS) is 1. The van der Waals surface area contributed by atoms with Crippen molar-refractivity contribution in [1.29, 1.82) is 0 Å². The third-order valence-electron chi connectivity index (χ3n) is 4.44. The van der Waals surface area contributed by atoms with Gasteiger partial charge in [-0.25, -0.2) is 0 Å². The Bertz CT molecular complexity index is 1020. The second-order valence-electron chi connectivity index (χ2n) is 6.66. The van der Waals surface area contributed by atoms with Gasteiger partial charge in [-0.15, -0.1) is 0 Å². The number of thioether (sulfide) groups is 1. The number of rotatable bonds is 9. The van der Waals surface area contributed by atoms with E-state index in [0.29, 0.717) is 40.3 Å². The maximum atomic E-state index is 12.6. The fourth-order valence-corrected chi connectivity index (χ4v) is 4.44. The average Bonchev–Trinajstić information content (AvgIpc) is 3.01. The Balaban J connectivity index is 1.69. The molecular formula is C22H20BrNO5S2. The van der Waals surface area contributed by atoms with E-state index in [9.17, 15) is 9.59 Å². The van der Waals surface area contributed by atoms with Crippen LogP contribution in [0.15, 0.2) is 51.8 Å². The molecule has 0 spiro atoms. The predicted molar refractivity (Wildman–Crippen MR) is 128 cm³/mol. The molecule has 1 N–H and O–H groups in total. The number of benzene rings is 2. The smallest absolute Gasteiger partial charge is 0.303 e. The standard InChI is InChI=1S/C22H20BrNO5S2/c1-28-18-11-15(6-9-17(18)29-13-14-4-7-16(23)8-5-14)12-19-21(27)24(22(30)31-19)10-2-3-20(25)26/h4-9,11-12H,2-3,10,13H2,1H3,(H,25,26)/b19-12+. The maximum absolute atomic E-state index is 12.6. The van der Waals surface area contributed by atoms with Crippen LogP contribution < -0.4 is 9.47 Å². The molecule has 0 bridgehead atoms. The first kappa shape index (κ1) is 23.3. The van der Waals surface area contributed by atoms with E-state index in [4.69, 9.17) is 26.8 Å². The van der Waals surface area contributed by atoms with Gasteiger partial charge in [-0.1, -0.05) is 58.1 Å². The molecule has 2 aromatic rings. The highest BCUT2D eigenvalue weighted by Gasteiger charge is 2.31. The molecule has 0 atom stereocenters. The fourth-order valence-electron chi connectivity index (χ4n) is 2.87. The van der Waals surface area contributed by atoms with Crippen LogP contribution in [0.2, 0.25) is 0 Å². The fraction of sp³-hybridized carbons (Fsp3) is 0.227. The molecule has 6 nitrogen and oxygen atoms in total. The number of nitrogens with zero attached hydrogens (tertiary/aromatic N) is 1. The number of thiocarbonyl (C=S) groups is 1. The molecule has 162 valence electrons. The van der Waals surface area contributed by atoms with Gasteiger partial charge in [0.1, 0.15) is 10.9 Å². The summed E-state index contributed by atoms with van der Waals surface area (Å²) >= 11 is 9.90. The van der Waals surface area contributed by atoms with Crippen molar-refractivity contribution in [3.8, 4) is 11.5 Å². The summed E-state index contributed by atoms with van der Waals surface area (Å²) in [6.45, 7) is 0.693. The summed E-state index contributed by atoms with van der Waals surface area (Å²) in [5.41, 5.74) is 1.81. The molecule has 0 saturated carbocycles. The van der Waals surface area contributed by atoms with Crippen LogP contribution in [-0.2, 0) is 16.2 Å². The van der Waals surface area contributed by atoms with Gasteiger partial charge in [-0.3, -0.25) is 14.5 Å². The molecule has 1 aliphatic heterocycles. The van der Waals surface area contributed by atoms with Crippen LogP contribution in [0.4, 0.5) is 0 Å². The maximum Gasteiger partial charge on any atom is 0.303 e. The van der Waals surface area contributed by atoms with Crippen molar-refractivity contribution in [2.45, 2.75) is 19.4 Å². The van der Waals surface area contributed by atoms with Crippen LogP contribution >= 0.6 is 39.9 Å². The molecule has 9 heteroatoms. The molecule has 1 amide bonds. The predicted octanol–water partition coefficient (Wildman–Crippen LogP) is 5.10. The summed E-state index contributed by atoms with van der Waals surface area (Å²) in [6.07, 6.45) is 2.10. The van der Waals surface area contributed by atoms with Crippen molar-refractivity contribution in [3.05, 3.63) is 63.0 Å². The minimum absolute atomic E-state index is 0.00494. The summed E-state index contributed by atoms with van der Waals surface area (Å²) in [4.78, 5) is 25.3. The van der Waals surface area contributed by atoms with E-state index in [1.165, 1.54) is 16.7 Å². The second kappa shape index (κ2) is 10.8. The highest BCUT2D eigenvalue weighted by Crippen LogP contribution is 2.35. The molecule has 0 aliphatic carbocycles. The summed E-state index contributed by atoms with van der Waals surface area (Å²) in [5.74, 6) is 0.0528. The average molecular weight is 522 g/mol. The van der Waals surface area contributed by atoms with E-state index in [1.807, 2.05) is 30.3 Å². The van der Waals surface area contributed by atoms with Gasteiger partial charge in [0.05, 0.1) is 12.0 Å². The summed E-state index contributed by atoms with van der Waals surface area (Å²) in [6, 6.07) is 13.3. The Kier molecular flexibility index (Phi) is 8.11. The van der Waals surface area contributed by atoms with Gasteiger partial charge < -0.3 is 14.6 Å². The van der Waals surface area contributed by atoms with Crippen molar-refractivity contribution in [3.63, 3.8) is 0 Å². The number of hydrogen-bond acceptors (Lipinski definition) is 6. The molecule has 0 radical (unpaired) electrons. The number of methoxy groups -OCH3 is 1. The summed E-state index contributed by atoms with van der Waals surface area (Å²) in [5, 5.41) is 8.77. The van der Waals surface area contributed by atoms with Crippen molar-refractivity contribution in [2.75, 3.05) is 13.7 Å². The van der Waals surface area contributed by atoms with Crippen LogP contribution in [0, 0.1) is 0 Å². The molecule has 0 unspecified atom stereocenters. The molecule has 1 heterocycles. The monoisotopic (exact) mass is 521 g/mol. The van der Waals surface area contributed by atoms with Gasteiger partial charge in [0, 0.05) is 17.4 Å². The number of hydrogen-bond donors (Lipinski definition) is 1. The first-order chi connectivity index (χ1) is 14.9. The third kappa shape index (κ3) is 6.32. The van der Waals surface area contributed by atoms with E-state index in [1.54, 1.807) is 25.3 Å². The Morgan fingerprint density at radius 3 is 2.65 bits per heavy atom. The molecular weight excluding hydrogens is 502 g/mol. The van der Waals surface area contributed by atoms with Crippen molar-refractivity contribution in [2.24, 2.45) is 0 Å². The van der Waals surface area contributed by atoms with Crippen molar-refractivity contribution in [1.82, 2.24) is 4.90 Å². The van der Waals surface area contributed by atoms with Gasteiger partial charge in [0.2, 0.25) is 0 Å². The van der Waals surface area contributed by atoms with Gasteiger partial charge in [0.25, 0.3) is 5.91 Å². The van der Waals surface area contributed by atoms with E-state index >= 15 is 0 Å². The summed E-state index contributed by atoms with van der Waals surface area (Å²) < 4.78 is 12.8. The lowest BCUT2D eigenvalue weighted by atomic mass is 10.1. The number of aliphatic carboxylic acids is 1. The van der Waals surface area contributed by atoms with E-state index in [0.717, 1.165) is 15.6 Å². The number of carbonyl (C=O) groups excluding carboxylic acids is 1. The van der Waals surface area contributed by atoms with Crippen molar-refractivity contribution < 1.29 is 24.2 Å². The SMILES string of the molecule is COc1cc(/C=C2/SC(=S)N(CCCC(=O)O)C2=O)ccc1OCc1ccc(Br)cc1. The largest absolute Gasteiger partial charge is 0.493 e. The number of ether oxygens (including phenoxy) is 2. The Labute approximate surface area is 198 Å². The number of carboxylic acids is 1. The quantitative estimate of drug-likeness (QED) is 0.363. The zero-order valence-electron chi connectivity index (χ0n) is 16.7. The number of carbonyl (C=O) groups is 2. The molecule has 1 saturated heterocycles. The third-order valence-corrected chi connectivity index (χ3v) is 6.35. The Hall–Kier alpha value is -2.36. The molecule has 31 heavy (non-hydrogen) atoms. The molecule has 1 aliphatic rings. The van der Waals surface area contributed by atoms with Crippen LogP contribution in [0.1, 0.15) is 24.0 Å². The highest BCUT2D eigenvalue weighted by atomic mass is 79.9. The lowest BCUT2D eigenvalue weighted by Crippen LogP contribution is -2.29. The van der Waals surface area contributed by atoms with Crippen molar-refractivity contribution >= 4 is 62.2 Å². The molecule has 3 rings (SSSR count). The minimum atomic E-state index is -0.893. The zero-order valence-corrected chi connectivity index (χ0v) is 19.9. The van der Waals surface area contributed by atoms with Gasteiger partial charge in [-0.05, 0) is 47.9 Å². The normalized spacial score (nSPS) is 14.9. The van der Waals surface area contributed by atoms with Crippen LogP contribution in [0.5, 0.6) is 11.5 Å². The number of halogens is 1. The first-order valence-corrected chi connectivity index (χ1v) is 11.4. The Morgan fingerprint density at radius 2 is 1.97 bits per heavy atom. The zero-order chi connectivity index (χ0) is 22.4. The second-order valence-corrected chi connectivity index (χ2v) is 9.25. The highest BCUT2D eigenvalue weighted by molar-refractivity contribution is 9.10. The van der Waals surface area contributed by atoms with Crippen LogP contribution in [0.3, 0.4) is 0 Å². The van der Waals surface area contributed by atoms with Crippen LogP contribution in [-0.4, -0.2) is 39.9 Å². The number of amides is 1. The lowest BCUT2D eigenvalue weighted by Gasteiger charge is -2.13. The molecule has 0 aromatic heterocycles.